The summed E-state index contributed by atoms with van der Waals surface area (Å²) in [5, 5.41) is 0.525. The monoisotopic (exact) mass is 324 g/mol. The first-order chi connectivity index (χ1) is 11.9. The summed E-state index contributed by atoms with van der Waals surface area (Å²) in [6.45, 7) is 0.856. The van der Waals surface area contributed by atoms with Gasteiger partial charge in [-0.1, -0.05) is 120 Å². The van der Waals surface area contributed by atoms with Crippen molar-refractivity contribution >= 4 is 6.71 Å². The van der Waals surface area contributed by atoms with Gasteiger partial charge < -0.3 is 0 Å². The molecule has 3 fully saturated rings. The number of hydrogen-bond acceptors (Lipinski definition) is 0. The van der Waals surface area contributed by atoms with Crippen molar-refractivity contribution in [2.24, 2.45) is 11.8 Å². The van der Waals surface area contributed by atoms with Gasteiger partial charge in [-0.15, -0.1) is 5.98 Å². The third-order valence-corrected chi connectivity index (χ3v) is 8.17. The Bertz CT molecular complexity index is 427. The maximum absolute atomic E-state index is 2.76. The second-order valence-corrected chi connectivity index (χ2v) is 9.34. The van der Waals surface area contributed by atoms with Crippen molar-refractivity contribution in [3.05, 3.63) is 24.2 Å². The zero-order valence-electron chi connectivity index (χ0n) is 15.7. The molecule has 0 radical (unpaired) electrons. The van der Waals surface area contributed by atoms with Gasteiger partial charge in [-0.25, -0.2) is 0 Å². The smallest absolute Gasteiger partial charge is 0.114 e. The van der Waals surface area contributed by atoms with Crippen molar-refractivity contribution < 1.29 is 0 Å². The fourth-order valence-corrected chi connectivity index (χ4v) is 7.10. The van der Waals surface area contributed by atoms with Crippen LogP contribution in [0, 0.1) is 11.8 Å². The molecule has 0 atom stereocenters. The Labute approximate surface area is 150 Å². The molecule has 4 rings (SSSR count). The molecule has 0 bridgehead atoms. The second kappa shape index (κ2) is 7.84. The molecule has 0 amide bonds. The van der Waals surface area contributed by atoms with Crippen LogP contribution in [0.15, 0.2) is 24.2 Å². The van der Waals surface area contributed by atoms with Gasteiger partial charge in [0.2, 0.25) is 0 Å². The Morgan fingerprint density at radius 1 is 0.583 bits per heavy atom. The molecule has 0 nitrogen and oxygen atoms in total. The molecule has 1 heteroatoms. The van der Waals surface area contributed by atoms with Crippen LogP contribution in [0.2, 0.25) is 11.1 Å². The summed E-state index contributed by atoms with van der Waals surface area (Å²) in [7, 11) is 0. The molecule has 24 heavy (non-hydrogen) atoms. The first-order valence-electron chi connectivity index (χ1n) is 11.3. The Hall–Kier alpha value is -0.455. The van der Waals surface area contributed by atoms with Crippen molar-refractivity contribution in [2.75, 3.05) is 0 Å². The normalized spacial score (nSPS) is 29.9. The van der Waals surface area contributed by atoms with E-state index in [9.17, 15) is 0 Å². The lowest BCUT2D eigenvalue weighted by Gasteiger charge is -2.53. The lowest BCUT2D eigenvalue weighted by Crippen LogP contribution is -2.47. The minimum Gasteiger partial charge on any atom is -0.114 e. The van der Waals surface area contributed by atoms with E-state index in [2.05, 4.69) is 24.2 Å². The van der Waals surface area contributed by atoms with Crippen LogP contribution < -0.4 is 0 Å². The van der Waals surface area contributed by atoms with E-state index in [1.807, 2.05) is 0 Å². The van der Waals surface area contributed by atoms with E-state index in [1.165, 1.54) is 96.3 Å². The third kappa shape index (κ3) is 3.17. The summed E-state index contributed by atoms with van der Waals surface area (Å²) in [6.07, 6.45) is 30.1. The maximum Gasteiger partial charge on any atom is 0.180 e. The second-order valence-electron chi connectivity index (χ2n) is 9.34. The van der Waals surface area contributed by atoms with Crippen LogP contribution in [0.25, 0.3) is 0 Å². The Kier molecular flexibility index (Phi) is 5.55. The molecule has 3 saturated carbocycles. The summed E-state index contributed by atoms with van der Waals surface area (Å²) in [5.41, 5.74) is 0. The Balaban J connectivity index is 1.68. The molecule has 1 aliphatic heterocycles. The van der Waals surface area contributed by atoms with E-state index in [0.717, 1.165) is 24.4 Å². The van der Waals surface area contributed by atoms with E-state index >= 15 is 0 Å². The van der Waals surface area contributed by atoms with Crippen molar-refractivity contribution in [3.63, 3.8) is 0 Å². The first kappa shape index (κ1) is 17.0. The van der Waals surface area contributed by atoms with Gasteiger partial charge in [0, 0.05) is 0 Å². The summed E-state index contributed by atoms with van der Waals surface area (Å²) in [6, 6.07) is 0. The molecule has 0 aromatic heterocycles. The molecule has 0 aromatic carbocycles. The molecule has 0 N–H and O–H groups in total. The molecular formula is C23H37B. The highest BCUT2D eigenvalue weighted by atomic mass is 14.4. The van der Waals surface area contributed by atoms with Gasteiger partial charge in [0.15, 0.2) is 6.71 Å². The zero-order valence-corrected chi connectivity index (χ0v) is 15.7. The molecule has 0 unspecified atom stereocenters. The average Bonchev–Trinajstić information content (AvgIpc) is 2.70. The lowest BCUT2D eigenvalue weighted by molar-refractivity contribution is 0.188. The van der Waals surface area contributed by atoms with Crippen molar-refractivity contribution in [2.45, 2.75) is 107 Å². The van der Waals surface area contributed by atoms with Gasteiger partial charge in [0.1, 0.15) is 0 Å². The highest BCUT2D eigenvalue weighted by Gasteiger charge is 2.52. The predicted octanol–water partition coefficient (Wildman–Crippen LogP) is 7.38. The van der Waals surface area contributed by atoms with Gasteiger partial charge in [-0.2, -0.15) is 0 Å². The summed E-state index contributed by atoms with van der Waals surface area (Å²) < 4.78 is 0. The molecule has 3 aliphatic carbocycles. The Morgan fingerprint density at radius 2 is 1.08 bits per heavy atom. The van der Waals surface area contributed by atoms with Crippen molar-refractivity contribution in [1.29, 1.82) is 0 Å². The molecule has 132 valence electrons. The molecule has 0 saturated heterocycles. The maximum atomic E-state index is 2.76. The lowest BCUT2D eigenvalue weighted by atomic mass is 9.20. The third-order valence-electron chi connectivity index (χ3n) is 8.17. The first-order valence-corrected chi connectivity index (χ1v) is 11.3. The zero-order chi connectivity index (χ0) is 16.2. The van der Waals surface area contributed by atoms with Crippen LogP contribution >= 0.6 is 0 Å². The minimum absolute atomic E-state index is 0.525. The van der Waals surface area contributed by atoms with Crippen LogP contribution in [0.4, 0.5) is 0 Å². The fraction of sp³-hybridized carbons (Fsp3) is 0.826. The topological polar surface area (TPSA) is 0 Å². The quantitative estimate of drug-likeness (QED) is 0.475. The van der Waals surface area contributed by atoms with E-state index in [0.29, 0.717) is 5.31 Å². The van der Waals surface area contributed by atoms with Gasteiger partial charge in [-0.05, 0) is 17.2 Å². The Morgan fingerprint density at radius 3 is 1.62 bits per heavy atom. The van der Waals surface area contributed by atoms with E-state index < -0.39 is 0 Å². The van der Waals surface area contributed by atoms with E-state index in [-0.39, 0.29) is 0 Å². The molecular weight excluding hydrogens is 287 g/mol. The van der Waals surface area contributed by atoms with Crippen LogP contribution in [-0.2, 0) is 0 Å². The van der Waals surface area contributed by atoms with Crippen molar-refractivity contribution in [3.8, 4) is 0 Å². The summed E-state index contributed by atoms with van der Waals surface area (Å²) in [4.78, 5) is 0. The largest absolute Gasteiger partial charge is 0.180 e. The van der Waals surface area contributed by atoms with Gasteiger partial charge >= 0.3 is 0 Å². The number of hydrogen-bond donors (Lipinski definition) is 0. The number of allylic oxidation sites excluding steroid dienone is 3. The number of rotatable bonds is 3. The van der Waals surface area contributed by atoms with Gasteiger partial charge in [0.25, 0.3) is 0 Å². The highest BCUT2D eigenvalue weighted by Crippen LogP contribution is 2.61. The molecule has 1 heterocycles. The van der Waals surface area contributed by atoms with Crippen molar-refractivity contribution in [1.82, 2.24) is 0 Å². The van der Waals surface area contributed by atoms with E-state index in [1.54, 1.807) is 0 Å². The molecule has 0 aromatic rings. The highest BCUT2D eigenvalue weighted by molar-refractivity contribution is 6.70. The van der Waals surface area contributed by atoms with Gasteiger partial charge in [0.05, 0.1) is 0 Å². The fourth-order valence-electron chi connectivity index (χ4n) is 7.10. The summed E-state index contributed by atoms with van der Waals surface area (Å²) >= 11 is 0. The van der Waals surface area contributed by atoms with E-state index in [4.69, 9.17) is 0 Å². The molecule has 4 aliphatic rings. The average molecular weight is 324 g/mol. The van der Waals surface area contributed by atoms with Gasteiger partial charge in [-0.3, -0.25) is 0 Å². The summed E-state index contributed by atoms with van der Waals surface area (Å²) in [5.74, 6) is 5.60. The standard InChI is InChI=1S/C23H37B/c1-4-12-20(13-5-1)23(21-14-6-2-7-15-21)18-10-11-19-24(23)22-16-8-3-9-17-22/h10-11,18-22H,1-9,12-17H2. The predicted molar refractivity (Wildman–Crippen MR) is 107 cm³/mol. The van der Waals surface area contributed by atoms with Crippen LogP contribution in [0.5, 0.6) is 0 Å². The SMILES string of the molecule is C1=CB(C2CCCCC2)C(C2CCCCC2)(C2CCCCC2)C=C1. The van der Waals surface area contributed by atoms with Crippen LogP contribution in [0.1, 0.15) is 96.3 Å². The molecule has 0 spiro atoms. The van der Waals surface area contributed by atoms with Crippen LogP contribution in [0.3, 0.4) is 0 Å². The van der Waals surface area contributed by atoms with Crippen LogP contribution in [-0.4, -0.2) is 6.71 Å². The minimum atomic E-state index is 0.525.